The predicted octanol–water partition coefficient (Wildman–Crippen LogP) is 4.09. The Balaban J connectivity index is 1.35. The maximum atomic E-state index is 5.84. The zero-order valence-electron chi connectivity index (χ0n) is 15.3. The van der Waals surface area contributed by atoms with Gasteiger partial charge in [0.15, 0.2) is 4.34 Å². The second kappa shape index (κ2) is 9.16. The lowest BCUT2D eigenvalue weighted by Gasteiger charge is -2.21. The van der Waals surface area contributed by atoms with Crippen LogP contribution in [0.3, 0.4) is 0 Å². The quantitative estimate of drug-likeness (QED) is 0.492. The maximum absolute atomic E-state index is 5.84. The molecule has 2 heterocycles. The van der Waals surface area contributed by atoms with Crippen molar-refractivity contribution in [1.29, 1.82) is 0 Å². The number of nitrogen functional groups attached to an aromatic ring is 1. The smallest absolute Gasteiger partial charge is 0.232 e. The molecule has 1 saturated carbocycles. The van der Waals surface area contributed by atoms with Gasteiger partial charge in [0.25, 0.3) is 0 Å². The number of anilines is 4. The summed E-state index contributed by atoms with van der Waals surface area (Å²) in [4.78, 5) is 12.8. The van der Waals surface area contributed by atoms with Gasteiger partial charge in [-0.1, -0.05) is 60.6 Å². The number of thioether (sulfide) groups is 1. The van der Waals surface area contributed by atoms with Gasteiger partial charge in [0, 0.05) is 11.7 Å². The highest BCUT2D eigenvalue weighted by Gasteiger charge is 2.15. The molecule has 0 atom stereocenters. The standard InChI is InChI=1S/C18H22N8S2/c19-15-22-14(23-16(24-15)20-12-7-3-1-4-8-12)11-27-18-26-25-17(28-18)21-13-9-5-2-6-10-13/h1,3-4,7-8,13H,2,5-6,9-11H2,(H,21,25)(H3,19,20,22,23,24). The Bertz CT molecular complexity index is 896. The third-order valence-electron chi connectivity index (χ3n) is 4.39. The molecule has 0 radical (unpaired) electrons. The van der Waals surface area contributed by atoms with Crippen LogP contribution in [0.2, 0.25) is 0 Å². The molecule has 0 aliphatic heterocycles. The van der Waals surface area contributed by atoms with Crippen LogP contribution in [0.4, 0.5) is 22.7 Å². The van der Waals surface area contributed by atoms with Crippen LogP contribution in [-0.2, 0) is 5.75 Å². The monoisotopic (exact) mass is 414 g/mol. The van der Waals surface area contributed by atoms with E-state index in [2.05, 4.69) is 35.8 Å². The fourth-order valence-electron chi connectivity index (χ4n) is 3.08. The number of para-hydroxylation sites is 1. The van der Waals surface area contributed by atoms with Crippen molar-refractivity contribution in [3.8, 4) is 0 Å². The number of hydrogen-bond donors (Lipinski definition) is 3. The Morgan fingerprint density at radius 1 is 1.04 bits per heavy atom. The second-order valence-corrected chi connectivity index (χ2v) is 8.77. The lowest BCUT2D eigenvalue weighted by Crippen LogP contribution is -2.21. The molecule has 0 saturated heterocycles. The molecule has 0 amide bonds. The van der Waals surface area contributed by atoms with Gasteiger partial charge < -0.3 is 16.4 Å². The van der Waals surface area contributed by atoms with Crippen molar-refractivity contribution in [3.63, 3.8) is 0 Å². The van der Waals surface area contributed by atoms with Gasteiger partial charge in [-0.15, -0.1) is 10.2 Å². The zero-order chi connectivity index (χ0) is 19.2. The summed E-state index contributed by atoms with van der Waals surface area (Å²) in [6.45, 7) is 0. The second-order valence-electron chi connectivity index (χ2n) is 6.57. The number of rotatable bonds is 7. The average Bonchev–Trinajstić information content (AvgIpc) is 3.15. The molecule has 1 aromatic carbocycles. The van der Waals surface area contributed by atoms with Crippen molar-refractivity contribution < 1.29 is 0 Å². The molecule has 1 aliphatic carbocycles. The van der Waals surface area contributed by atoms with Crippen molar-refractivity contribution in [2.45, 2.75) is 48.2 Å². The summed E-state index contributed by atoms with van der Waals surface area (Å²) in [5, 5.41) is 16.1. The van der Waals surface area contributed by atoms with Gasteiger partial charge in [0.1, 0.15) is 5.82 Å². The highest BCUT2D eigenvalue weighted by Crippen LogP contribution is 2.30. The van der Waals surface area contributed by atoms with Crippen LogP contribution in [0.25, 0.3) is 0 Å². The first kappa shape index (κ1) is 18.9. The van der Waals surface area contributed by atoms with Gasteiger partial charge in [-0.05, 0) is 25.0 Å². The van der Waals surface area contributed by atoms with Crippen molar-refractivity contribution in [3.05, 3.63) is 36.2 Å². The van der Waals surface area contributed by atoms with Crippen LogP contribution >= 0.6 is 23.1 Å². The van der Waals surface area contributed by atoms with Crippen LogP contribution in [0.1, 0.15) is 37.9 Å². The van der Waals surface area contributed by atoms with E-state index in [0.717, 1.165) is 15.2 Å². The number of nitrogens with zero attached hydrogens (tertiary/aromatic N) is 5. The molecule has 0 bridgehead atoms. The van der Waals surface area contributed by atoms with Gasteiger partial charge >= 0.3 is 0 Å². The normalized spacial score (nSPS) is 14.7. The molecule has 28 heavy (non-hydrogen) atoms. The molecule has 3 aromatic rings. The molecular weight excluding hydrogens is 392 g/mol. The van der Waals surface area contributed by atoms with Crippen LogP contribution in [0.5, 0.6) is 0 Å². The molecule has 1 aliphatic rings. The van der Waals surface area contributed by atoms with Gasteiger partial charge in [0.05, 0.1) is 5.75 Å². The minimum atomic E-state index is 0.195. The first-order valence-electron chi connectivity index (χ1n) is 9.30. The topological polar surface area (TPSA) is 115 Å². The number of hydrogen-bond acceptors (Lipinski definition) is 10. The Hall–Kier alpha value is -2.46. The van der Waals surface area contributed by atoms with E-state index in [9.17, 15) is 0 Å². The Morgan fingerprint density at radius 2 is 1.86 bits per heavy atom. The van der Waals surface area contributed by atoms with Crippen molar-refractivity contribution in [2.75, 3.05) is 16.4 Å². The minimum absolute atomic E-state index is 0.195. The Morgan fingerprint density at radius 3 is 2.68 bits per heavy atom. The lowest BCUT2D eigenvalue weighted by molar-refractivity contribution is 0.462. The summed E-state index contributed by atoms with van der Waals surface area (Å²) < 4.78 is 0.884. The van der Waals surface area contributed by atoms with E-state index in [1.54, 1.807) is 23.1 Å². The third kappa shape index (κ3) is 5.29. The largest absolute Gasteiger partial charge is 0.368 e. The van der Waals surface area contributed by atoms with Crippen LogP contribution in [0, 0.1) is 0 Å². The van der Waals surface area contributed by atoms with Gasteiger partial charge in [0.2, 0.25) is 17.0 Å². The van der Waals surface area contributed by atoms with Crippen LogP contribution in [0.15, 0.2) is 34.7 Å². The summed E-state index contributed by atoms with van der Waals surface area (Å²) in [7, 11) is 0. The highest BCUT2D eigenvalue weighted by atomic mass is 32.2. The van der Waals surface area contributed by atoms with E-state index in [1.807, 2.05) is 30.3 Å². The van der Waals surface area contributed by atoms with Crippen LogP contribution < -0.4 is 16.4 Å². The zero-order valence-corrected chi connectivity index (χ0v) is 17.0. The fourth-order valence-corrected chi connectivity index (χ4v) is 4.77. The Labute approximate surface area is 171 Å². The number of aromatic nitrogens is 5. The lowest BCUT2D eigenvalue weighted by atomic mass is 9.96. The molecule has 2 aromatic heterocycles. The van der Waals surface area contributed by atoms with E-state index >= 15 is 0 Å². The first-order valence-corrected chi connectivity index (χ1v) is 11.1. The van der Waals surface area contributed by atoms with Crippen LogP contribution in [-0.4, -0.2) is 31.2 Å². The summed E-state index contributed by atoms with van der Waals surface area (Å²) >= 11 is 3.12. The van der Waals surface area contributed by atoms with Crippen molar-refractivity contribution in [2.24, 2.45) is 0 Å². The summed E-state index contributed by atoms with van der Waals surface area (Å²) in [5.74, 6) is 1.79. The molecule has 4 N–H and O–H groups in total. The SMILES string of the molecule is Nc1nc(CSc2nnc(NC3CCCCC3)s2)nc(Nc2ccccc2)n1. The molecule has 10 heteroatoms. The fraction of sp³-hybridized carbons (Fsp3) is 0.389. The average molecular weight is 415 g/mol. The molecule has 4 rings (SSSR count). The van der Waals surface area contributed by atoms with E-state index in [-0.39, 0.29) is 5.95 Å². The number of nitrogens with one attached hydrogen (secondary N) is 2. The highest BCUT2D eigenvalue weighted by molar-refractivity contribution is 8.00. The van der Waals surface area contributed by atoms with E-state index in [0.29, 0.717) is 23.6 Å². The predicted molar refractivity (Wildman–Crippen MR) is 114 cm³/mol. The Kier molecular flexibility index (Phi) is 6.17. The van der Waals surface area contributed by atoms with E-state index in [1.165, 1.54) is 32.1 Å². The molecule has 0 unspecified atom stereocenters. The van der Waals surface area contributed by atoms with Gasteiger partial charge in [-0.25, -0.2) is 0 Å². The van der Waals surface area contributed by atoms with Crippen molar-refractivity contribution >= 4 is 45.8 Å². The van der Waals surface area contributed by atoms with Gasteiger partial charge in [-0.3, -0.25) is 0 Å². The summed E-state index contributed by atoms with van der Waals surface area (Å²) in [6.07, 6.45) is 6.34. The molecule has 8 nitrogen and oxygen atoms in total. The summed E-state index contributed by atoms with van der Waals surface area (Å²) in [5.41, 5.74) is 6.74. The first-order chi connectivity index (χ1) is 13.7. The molecular formula is C18H22N8S2. The summed E-state index contributed by atoms with van der Waals surface area (Å²) in [6, 6.07) is 10.2. The number of benzene rings is 1. The molecule has 0 spiro atoms. The minimum Gasteiger partial charge on any atom is -0.368 e. The molecule has 146 valence electrons. The number of nitrogens with two attached hydrogens (primary N) is 1. The van der Waals surface area contributed by atoms with E-state index < -0.39 is 0 Å². The van der Waals surface area contributed by atoms with Crippen molar-refractivity contribution in [1.82, 2.24) is 25.1 Å². The third-order valence-corrected chi connectivity index (χ3v) is 6.38. The maximum Gasteiger partial charge on any atom is 0.232 e. The van der Waals surface area contributed by atoms with Gasteiger partial charge in [-0.2, -0.15) is 15.0 Å². The van der Waals surface area contributed by atoms with E-state index in [4.69, 9.17) is 5.73 Å². The molecule has 1 fully saturated rings.